The van der Waals surface area contributed by atoms with Crippen molar-refractivity contribution in [3.05, 3.63) is 30.5 Å². The lowest BCUT2D eigenvalue weighted by atomic mass is 9.99. The summed E-state index contributed by atoms with van der Waals surface area (Å²) >= 11 is 0. The number of aliphatic hydroxyl groups is 4. The van der Waals surface area contributed by atoms with E-state index in [2.05, 4.69) is 30.9 Å². The minimum atomic E-state index is -1.48. The molecule has 3 aromatic rings. The normalized spacial score (nSPS) is 26.7. The summed E-state index contributed by atoms with van der Waals surface area (Å²) in [6, 6.07) is 7.43. The van der Waals surface area contributed by atoms with Crippen LogP contribution in [-0.2, 0) is 16.0 Å². The number of hydrogen-bond donors (Lipinski definition) is 5. The fourth-order valence-electron chi connectivity index (χ4n) is 3.08. The van der Waals surface area contributed by atoms with Crippen LogP contribution in [0.3, 0.4) is 0 Å². The summed E-state index contributed by atoms with van der Waals surface area (Å²) in [5.41, 5.74) is 2.32. The molecule has 4 rings (SSSR count). The predicted molar refractivity (Wildman–Crippen MR) is 98.3 cm³/mol. The lowest BCUT2D eigenvalue weighted by Gasteiger charge is -2.39. The third-order valence-corrected chi connectivity index (χ3v) is 4.77. The fourth-order valence-corrected chi connectivity index (χ4v) is 3.08. The Morgan fingerprint density at radius 2 is 1.80 bits per heavy atom. The molecular formula is C17H21N7O6. The van der Waals surface area contributed by atoms with E-state index in [0.29, 0.717) is 18.1 Å². The number of ether oxygens (including phenoxy) is 2. The van der Waals surface area contributed by atoms with Crippen molar-refractivity contribution in [2.24, 2.45) is 0 Å². The van der Waals surface area contributed by atoms with Gasteiger partial charge >= 0.3 is 0 Å². The second-order valence-electron chi connectivity index (χ2n) is 6.75. The molecule has 5 N–H and O–H groups in total. The van der Waals surface area contributed by atoms with Gasteiger partial charge in [0, 0.05) is 11.1 Å². The van der Waals surface area contributed by atoms with E-state index in [0.717, 1.165) is 11.1 Å². The van der Waals surface area contributed by atoms with Crippen LogP contribution in [-0.4, -0.2) is 100.0 Å². The highest BCUT2D eigenvalue weighted by molar-refractivity contribution is 5.64. The van der Waals surface area contributed by atoms with Crippen molar-refractivity contribution in [1.29, 1.82) is 0 Å². The van der Waals surface area contributed by atoms with Gasteiger partial charge in [0.1, 0.15) is 30.1 Å². The quantitative estimate of drug-likeness (QED) is 0.284. The molecule has 0 radical (unpaired) electrons. The predicted octanol–water partition coefficient (Wildman–Crippen LogP) is -2.06. The van der Waals surface area contributed by atoms with Gasteiger partial charge < -0.3 is 29.9 Å². The largest absolute Gasteiger partial charge is 0.394 e. The van der Waals surface area contributed by atoms with Gasteiger partial charge in [0.05, 0.1) is 26.0 Å². The monoisotopic (exact) mass is 419 g/mol. The summed E-state index contributed by atoms with van der Waals surface area (Å²) in [6.07, 6.45) is -4.79. The van der Waals surface area contributed by atoms with Gasteiger partial charge in [-0.05, 0) is 5.21 Å². The molecule has 5 atom stereocenters. The number of aromatic nitrogens is 7. The minimum absolute atomic E-state index is 0.0995. The summed E-state index contributed by atoms with van der Waals surface area (Å²) in [4.78, 5) is 0. The van der Waals surface area contributed by atoms with Gasteiger partial charge in [-0.25, -0.2) is 4.68 Å². The maximum Gasteiger partial charge on any atom is 0.204 e. The van der Waals surface area contributed by atoms with Crippen LogP contribution in [0.5, 0.6) is 0 Å². The van der Waals surface area contributed by atoms with Crippen molar-refractivity contribution in [2.45, 2.75) is 37.3 Å². The Bertz CT molecular complexity index is 932. The number of aromatic amines is 1. The number of rotatable bonds is 7. The van der Waals surface area contributed by atoms with Crippen LogP contribution in [0.4, 0.5) is 0 Å². The highest BCUT2D eigenvalue weighted by Crippen LogP contribution is 2.23. The Morgan fingerprint density at radius 1 is 1.03 bits per heavy atom. The second kappa shape index (κ2) is 8.91. The molecule has 2 unspecified atom stereocenters. The lowest BCUT2D eigenvalue weighted by molar-refractivity contribution is -0.301. The molecule has 13 heteroatoms. The number of nitrogens with one attached hydrogen (secondary N) is 1. The standard InChI is InChI=1S/C17H21N7O6/c25-8-12-13(26)14(27)15(28)17(30-12)29-6-5-24-7-11(18-23-24)9-1-3-10(4-2-9)16-19-21-22-20-16/h1-4,7,12-15,17,25-28H,5-6,8H2,(H,19,20,21,22)/t12?,13-,14?,15+,17+/m1/s1. The number of nitrogens with zero attached hydrogens (tertiary/aromatic N) is 6. The van der Waals surface area contributed by atoms with E-state index in [1.165, 1.54) is 0 Å². The molecule has 0 spiro atoms. The summed E-state index contributed by atoms with van der Waals surface area (Å²) in [5.74, 6) is 0.496. The highest BCUT2D eigenvalue weighted by atomic mass is 16.7. The number of H-pyrrole nitrogens is 1. The molecule has 160 valence electrons. The maximum atomic E-state index is 9.97. The number of tetrazole rings is 1. The van der Waals surface area contributed by atoms with Gasteiger partial charge in [-0.1, -0.05) is 29.5 Å². The smallest absolute Gasteiger partial charge is 0.204 e. The topological polar surface area (TPSA) is 185 Å². The Kier molecular flexibility index (Phi) is 6.08. The van der Waals surface area contributed by atoms with E-state index in [1.54, 1.807) is 10.9 Å². The SMILES string of the molecule is OCC1O[C@H](OCCn2cc(-c3ccc(-c4nn[nH]n4)cc3)nn2)[C@@H](O)C(O)[C@@H]1O. The molecule has 1 saturated heterocycles. The van der Waals surface area contributed by atoms with E-state index < -0.39 is 37.3 Å². The zero-order valence-electron chi connectivity index (χ0n) is 15.7. The van der Waals surface area contributed by atoms with Crippen molar-refractivity contribution in [2.75, 3.05) is 13.2 Å². The average molecular weight is 419 g/mol. The highest BCUT2D eigenvalue weighted by Gasteiger charge is 2.43. The molecule has 0 aliphatic carbocycles. The van der Waals surface area contributed by atoms with Crippen molar-refractivity contribution >= 4 is 0 Å². The number of hydrogen-bond acceptors (Lipinski definition) is 11. The van der Waals surface area contributed by atoms with Crippen LogP contribution < -0.4 is 0 Å². The van der Waals surface area contributed by atoms with Crippen LogP contribution in [0, 0.1) is 0 Å². The molecule has 2 aromatic heterocycles. The first kappa shape index (κ1) is 20.5. The molecule has 0 saturated carbocycles. The van der Waals surface area contributed by atoms with Crippen molar-refractivity contribution in [1.82, 2.24) is 35.6 Å². The molecule has 1 aliphatic rings. The maximum absolute atomic E-state index is 9.97. The van der Waals surface area contributed by atoms with Crippen molar-refractivity contribution in [3.8, 4) is 22.6 Å². The number of aliphatic hydroxyl groups excluding tert-OH is 4. The molecule has 1 aliphatic heterocycles. The van der Waals surface area contributed by atoms with Gasteiger partial charge in [-0.3, -0.25) is 0 Å². The molecule has 1 aromatic carbocycles. The summed E-state index contributed by atoms with van der Waals surface area (Å²) in [6.45, 7) is -0.103. The van der Waals surface area contributed by atoms with E-state index in [4.69, 9.17) is 9.47 Å². The van der Waals surface area contributed by atoms with Gasteiger partial charge in [0.2, 0.25) is 5.82 Å². The average Bonchev–Trinajstić information content (AvgIpc) is 3.46. The lowest BCUT2D eigenvalue weighted by Crippen LogP contribution is -2.59. The second-order valence-corrected chi connectivity index (χ2v) is 6.75. The van der Waals surface area contributed by atoms with Crippen LogP contribution >= 0.6 is 0 Å². The van der Waals surface area contributed by atoms with Gasteiger partial charge in [0.15, 0.2) is 6.29 Å². The molecule has 0 amide bonds. The zero-order chi connectivity index (χ0) is 21.1. The van der Waals surface area contributed by atoms with Gasteiger partial charge in [-0.15, -0.1) is 15.3 Å². The summed E-state index contributed by atoms with van der Waals surface area (Å²) < 4.78 is 12.3. The van der Waals surface area contributed by atoms with Crippen LogP contribution in [0.15, 0.2) is 30.5 Å². The molecule has 3 heterocycles. The molecule has 13 nitrogen and oxygen atoms in total. The van der Waals surface area contributed by atoms with Crippen LogP contribution in [0.25, 0.3) is 22.6 Å². The first-order chi connectivity index (χ1) is 14.6. The van der Waals surface area contributed by atoms with E-state index in [-0.39, 0.29) is 6.61 Å². The number of benzene rings is 1. The molecular weight excluding hydrogens is 398 g/mol. The zero-order valence-corrected chi connectivity index (χ0v) is 15.7. The van der Waals surface area contributed by atoms with Gasteiger partial charge in [0.25, 0.3) is 0 Å². The molecule has 30 heavy (non-hydrogen) atoms. The Morgan fingerprint density at radius 3 is 2.50 bits per heavy atom. The first-order valence-corrected chi connectivity index (χ1v) is 9.23. The Balaban J connectivity index is 1.33. The minimum Gasteiger partial charge on any atom is -0.394 e. The van der Waals surface area contributed by atoms with Crippen molar-refractivity contribution < 1.29 is 29.9 Å². The Hall–Kier alpha value is -2.81. The first-order valence-electron chi connectivity index (χ1n) is 9.23. The van der Waals surface area contributed by atoms with Crippen molar-refractivity contribution in [3.63, 3.8) is 0 Å². The van der Waals surface area contributed by atoms with Crippen LogP contribution in [0.2, 0.25) is 0 Å². The summed E-state index contributed by atoms with van der Waals surface area (Å²) in [7, 11) is 0. The van der Waals surface area contributed by atoms with E-state index in [1.807, 2.05) is 24.3 Å². The third kappa shape index (κ3) is 4.21. The van der Waals surface area contributed by atoms with E-state index in [9.17, 15) is 20.4 Å². The van der Waals surface area contributed by atoms with E-state index >= 15 is 0 Å². The summed E-state index contributed by atoms with van der Waals surface area (Å²) in [5, 5.41) is 60.7. The fraction of sp³-hybridized carbons (Fsp3) is 0.471. The van der Waals surface area contributed by atoms with Gasteiger partial charge in [-0.2, -0.15) is 5.21 Å². The third-order valence-electron chi connectivity index (χ3n) is 4.77. The van der Waals surface area contributed by atoms with Crippen LogP contribution in [0.1, 0.15) is 0 Å². The Labute approximate surface area is 169 Å². The molecule has 0 bridgehead atoms. The molecule has 1 fully saturated rings.